The zero-order chi connectivity index (χ0) is 17.5. The van der Waals surface area contributed by atoms with Crippen molar-refractivity contribution in [2.24, 2.45) is 0 Å². The summed E-state index contributed by atoms with van der Waals surface area (Å²) < 4.78 is 12.8. The molecule has 1 aliphatic rings. The quantitative estimate of drug-likeness (QED) is 0.832. The molecule has 1 aliphatic heterocycles. The van der Waals surface area contributed by atoms with E-state index in [1.54, 1.807) is 6.20 Å². The molecular formula is C17H22BClN2O2S. The number of anilines is 1. The van der Waals surface area contributed by atoms with Crippen molar-refractivity contribution in [3.63, 3.8) is 0 Å². The summed E-state index contributed by atoms with van der Waals surface area (Å²) in [6.45, 7) is 11.0. The van der Waals surface area contributed by atoms with Gasteiger partial charge in [0.15, 0.2) is 4.47 Å². The fourth-order valence-corrected chi connectivity index (χ4v) is 3.42. The van der Waals surface area contributed by atoms with Crippen molar-refractivity contribution in [2.45, 2.75) is 52.4 Å². The van der Waals surface area contributed by atoms with Gasteiger partial charge in [-0.25, -0.2) is 4.98 Å². The Morgan fingerprint density at radius 2 is 1.88 bits per heavy atom. The van der Waals surface area contributed by atoms with Crippen molar-refractivity contribution in [1.29, 1.82) is 0 Å². The summed E-state index contributed by atoms with van der Waals surface area (Å²) in [5, 5.41) is 3.45. The number of nitrogens with zero attached hydrogens (tertiary/aromatic N) is 1. The number of benzene rings is 1. The normalized spacial score (nSPS) is 18.8. The molecule has 7 heteroatoms. The number of rotatable bonds is 4. The van der Waals surface area contributed by atoms with Gasteiger partial charge in [-0.1, -0.05) is 23.7 Å². The molecule has 0 bridgehead atoms. The van der Waals surface area contributed by atoms with Gasteiger partial charge in [-0.2, -0.15) is 0 Å². The minimum absolute atomic E-state index is 0.338. The Labute approximate surface area is 152 Å². The summed E-state index contributed by atoms with van der Waals surface area (Å²) in [5.74, 6) is 0. The van der Waals surface area contributed by atoms with Crippen LogP contribution in [0.25, 0.3) is 0 Å². The van der Waals surface area contributed by atoms with E-state index >= 15 is 0 Å². The van der Waals surface area contributed by atoms with Crippen molar-refractivity contribution < 1.29 is 9.31 Å². The van der Waals surface area contributed by atoms with E-state index in [1.165, 1.54) is 16.9 Å². The van der Waals surface area contributed by atoms with Gasteiger partial charge < -0.3 is 14.6 Å². The van der Waals surface area contributed by atoms with Gasteiger partial charge in [0.25, 0.3) is 0 Å². The van der Waals surface area contributed by atoms with Crippen LogP contribution in [0.4, 0.5) is 5.69 Å². The number of halogens is 1. The van der Waals surface area contributed by atoms with Gasteiger partial charge in [-0.05, 0) is 51.7 Å². The SMILES string of the molecule is Cc1ccc(B2OC(C)(C)C(C)(C)O2)cc1NCc1cnc(Cl)s1. The Morgan fingerprint density at radius 3 is 2.46 bits per heavy atom. The lowest BCUT2D eigenvalue weighted by Gasteiger charge is -2.32. The molecule has 2 heterocycles. The standard InChI is InChI=1S/C17H22BClN2O2S/c1-11-6-7-12(18-22-16(2,3)17(4,5)23-18)8-14(11)20-9-13-10-21-15(19)24-13/h6-8,10,20H,9H2,1-5H3. The lowest BCUT2D eigenvalue weighted by molar-refractivity contribution is 0.00578. The van der Waals surface area contributed by atoms with Crippen molar-refractivity contribution in [1.82, 2.24) is 4.98 Å². The number of thiazole rings is 1. The van der Waals surface area contributed by atoms with E-state index in [1.807, 2.05) is 0 Å². The van der Waals surface area contributed by atoms with Crippen molar-refractivity contribution in [3.8, 4) is 0 Å². The minimum atomic E-state index is -0.353. The molecule has 1 saturated heterocycles. The molecule has 1 aromatic heterocycles. The zero-order valence-corrected chi connectivity index (χ0v) is 16.2. The third kappa shape index (κ3) is 3.47. The summed E-state index contributed by atoms with van der Waals surface area (Å²) in [7, 11) is -0.353. The zero-order valence-electron chi connectivity index (χ0n) is 14.6. The number of hydrogen-bond acceptors (Lipinski definition) is 5. The molecule has 128 valence electrons. The first-order valence-corrected chi connectivity index (χ1v) is 9.18. The Kier molecular flexibility index (Phi) is 4.68. The fourth-order valence-electron chi connectivity index (χ4n) is 2.50. The van der Waals surface area contributed by atoms with E-state index in [4.69, 9.17) is 20.9 Å². The number of hydrogen-bond donors (Lipinski definition) is 1. The summed E-state index contributed by atoms with van der Waals surface area (Å²) >= 11 is 7.37. The van der Waals surface area contributed by atoms with E-state index in [2.05, 4.69) is 63.1 Å². The summed E-state index contributed by atoms with van der Waals surface area (Å²) in [6.07, 6.45) is 1.80. The highest BCUT2D eigenvalue weighted by Crippen LogP contribution is 2.36. The molecule has 0 aliphatic carbocycles. The van der Waals surface area contributed by atoms with Crippen LogP contribution in [0.3, 0.4) is 0 Å². The van der Waals surface area contributed by atoms with E-state index < -0.39 is 0 Å². The Hall–Kier alpha value is -1.08. The number of aromatic nitrogens is 1. The van der Waals surface area contributed by atoms with Gasteiger partial charge in [0, 0.05) is 16.8 Å². The second-order valence-electron chi connectivity index (χ2n) is 7.10. The van der Waals surface area contributed by atoms with E-state index in [9.17, 15) is 0 Å². The Balaban J connectivity index is 1.77. The Bertz CT molecular complexity index is 732. The van der Waals surface area contributed by atoms with E-state index in [-0.39, 0.29) is 18.3 Å². The van der Waals surface area contributed by atoms with Gasteiger partial charge in [-0.3, -0.25) is 0 Å². The van der Waals surface area contributed by atoms with Gasteiger partial charge in [0.2, 0.25) is 0 Å². The van der Waals surface area contributed by atoms with Crippen LogP contribution in [0.5, 0.6) is 0 Å². The number of aryl methyl sites for hydroxylation is 1. The molecule has 1 fully saturated rings. The minimum Gasteiger partial charge on any atom is -0.399 e. The summed E-state index contributed by atoms with van der Waals surface area (Å²) in [6, 6.07) is 6.24. The van der Waals surface area contributed by atoms with Crippen LogP contribution >= 0.6 is 22.9 Å². The van der Waals surface area contributed by atoms with Crippen LogP contribution in [-0.4, -0.2) is 23.3 Å². The van der Waals surface area contributed by atoms with Gasteiger partial charge in [0.1, 0.15) is 0 Å². The molecule has 3 rings (SSSR count). The molecule has 0 unspecified atom stereocenters. The van der Waals surface area contributed by atoms with E-state index in [0.29, 0.717) is 11.0 Å². The molecular weight excluding hydrogens is 343 g/mol. The first-order chi connectivity index (χ1) is 11.2. The highest BCUT2D eigenvalue weighted by Gasteiger charge is 2.51. The molecule has 24 heavy (non-hydrogen) atoms. The van der Waals surface area contributed by atoms with Crippen LogP contribution in [-0.2, 0) is 15.9 Å². The summed E-state index contributed by atoms with van der Waals surface area (Å²) in [5.41, 5.74) is 2.58. The number of nitrogens with one attached hydrogen (secondary N) is 1. The van der Waals surface area contributed by atoms with Crippen molar-refractivity contribution in [3.05, 3.63) is 39.3 Å². The first kappa shape index (κ1) is 17.7. The molecule has 2 aromatic rings. The summed E-state index contributed by atoms with van der Waals surface area (Å²) in [4.78, 5) is 5.17. The smallest absolute Gasteiger partial charge is 0.399 e. The Morgan fingerprint density at radius 1 is 1.21 bits per heavy atom. The monoisotopic (exact) mass is 364 g/mol. The molecule has 1 N–H and O–H groups in total. The fraction of sp³-hybridized carbons (Fsp3) is 0.471. The third-order valence-electron chi connectivity index (χ3n) is 4.77. The molecule has 0 amide bonds. The van der Waals surface area contributed by atoms with Crippen molar-refractivity contribution in [2.75, 3.05) is 5.32 Å². The van der Waals surface area contributed by atoms with Crippen molar-refractivity contribution >= 4 is 41.2 Å². The molecule has 4 nitrogen and oxygen atoms in total. The maximum atomic E-state index is 6.14. The largest absolute Gasteiger partial charge is 0.494 e. The van der Waals surface area contributed by atoms with E-state index in [0.717, 1.165) is 16.0 Å². The maximum Gasteiger partial charge on any atom is 0.494 e. The highest BCUT2D eigenvalue weighted by molar-refractivity contribution is 7.15. The van der Waals surface area contributed by atoms with Gasteiger partial charge in [0.05, 0.1) is 17.7 Å². The lowest BCUT2D eigenvalue weighted by atomic mass is 9.78. The average molecular weight is 365 g/mol. The predicted molar refractivity (Wildman–Crippen MR) is 101 cm³/mol. The van der Waals surface area contributed by atoms with Crippen LogP contribution in [0.2, 0.25) is 4.47 Å². The second kappa shape index (κ2) is 6.34. The van der Waals surface area contributed by atoms with Gasteiger partial charge in [-0.15, -0.1) is 11.3 Å². The first-order valence-electron chi connectivity index (χ1n) is 7.98. The lowest BCUT2D eigenvalue weighted by Crippen LogP contribution is -2.41. The van der Waals surface area contributed by atoms with Gasteiger partial charge >= 0.3 is 7.12 Å². The topological polar surface area (TPSA) is 43.4 Å². The maximum absolute atomic E-state index is 6.14. The highest BCUT2D eigenvalue weighted by atomic mass is 35.5. The van der Waals surface area contributed by atoms with Crippen LogP contribution in [0.15, 0.2) is 24.4 Å². The molecule has 1 aromatic carbocycles. The van der Waals surface area contributed by atoms with Crippen LogP contribution < -0.4 is 10.8 Å². The second-order valence-corrected chi connectivity index (χ2v) is 8.79. The molecule has 0 saturated carbocycles. The van der Waals surface area contributed by atoms with Crippen LogP contribution in [0, 0.1) is 6.92 Å². The molecule has 0 spiro atoms. The molecule has 0 atom stereocenters. The molecule has 0 radical (unpaired) electrons. The van der Waals surface area contributed by atoms with Crippen LogP contribution in [0.1, 0.15) is 38.1 Å². The predicted octanol–water partition coefficient (Wildman–Crippen LogP) is 4.02. The third-order valence-corrected chi connectivity index (χ3v) is 5.88. The average Bonchev–Trinajstić information content (AvgIpc) is 2.99.